The van der Waals surface area contributed by atoms with Crippen molar-refractivity contribution in [2.75, 3.05) is 7.11 Å². The van der Waals surface area contributed by atoms with Crippen molar-refractivity contribution < 1.29 is 14.4 Å². The molecule has 3 nitrogen and oxygen atoms in total. The van der Waals surface area contributed by atoms with Crippen LogP contribution >= 0.6 is 11.3 Å². The van der Waals surface area contributed by atoms with Gasteiger partial charge in [0.15, 0.2) is 0 Å². The largest absolute Gasteiger partial charge is 0.507 e. The molecule has 4 heteroatoms. The maximum absolute atomic E-state index is 10.0. The third kappa shape index (κ3) is 2.70. The fourth-order valence-corrected chi connectivity index (χ4v) is 3.58. The van der Waals surface area contributed by atoms with Crippen molar-refractivity contribution in [2.24, 2.45) is 0 Å². The monoisotopic (exact) mass is 312 g/mol. The van der Waals surface area contributed by atoms with E-state index in [1.807, 2.05) is 18.2 Å². The van der Waals surface area contributed by atoms with Gasteiger partial charge in [0.25, 0.3) is 5.01 Å². The van der Waals surface area contributed by atoms with Crippen LogP contribution in [0.3, 0.4) is 0 Å². The van der Waals surface area contributed by atoms with E-state index in [1.54, 1.807) is 24.5 Å². The first-order chi connectivity index (χ1) is 10.7. The van der Waals surface area contributed by atoms with Crippen molar-refractivity contribution in [3.05, 3.63) is 53.0 Å². The minimum absolute atomic E-state index is 0.222. The van der Waals surface area contributed by atoms with Crippen LogP contribution in [0, 0.1) is 0 Å². The number of para-hydroxylation sites is 1. The normalized spacial score (nSPS) is 11.4. The van der Waals surface area contributed by atoms with Gasteiger partial charge in [-0.25, -0.2) is 0 Å². The highest BCUT2D eigenvalue weighted by Crippen LogP contribution is 2.26. The Balaban J connectivity index is 1.99. The van der Waals surface area contributed by atoms with E-state index < -0.39 is 0 Å². The first kappa shape index (κ1) is 14.6. The number of ether oxygens (including phenoxy) is 1. The molecule has 0 saturated heterocycles. The molecule has 0 aliphatic rings. The second kappa shape index (κ2) is 6.20. The third-order valence-electron chi connectivity index (χ3n) is 3.60. The van der Waals surface area contributed by atoms with E-state index in [2.05, 4.69) is 41.8 Å². The van der Waals surface area contributed by atoms with E-state index in [0.29, 0.717) is 5.75 Å². The molecule has 3 aromatic rings. The van der Waals surface area contributed by atoms with Crippen LogP contribution < -0.4 is 9.30 Å². The molecular weight excluding hydrogens is 294 g/mol. The van der Waals surface area contributed by atoms with Gasteiger partial charge < -0.3 is 9.84 Å². The minimum atomic E-state index is 0.222. The standard InChI is InChI=1S/C18H17NO2S/c1-3-19-15-6-4-5-7-17(15)22-18(19)11-9-13-8-10-14(21-2)12-16(13)20/h4-12H,3H2,1-2H3/p+1. The van der Waals surface area contributed by atoms with Crippen LogP contribution in [0.2, 0.25) is 0 Å². The highest BCUT2D eigenvalue weighted by Gasteiger charge is 2.16. The molecule has 0 bridgehead atoms. The van der Waals surface area contributed by atoms with Gasteiger partial charge in [-0.2, -0.15) is 4.57 Å². The quantitative estimate of drug-likeness (QED) is 0.736. The molecule has 0 radical (unpaired) electrons. The Labute approximate surface area is 133 Å². The van der Waals surface area contributed by atoms with E-state index in [9.17, 15) is 5.11 Å². The Morgan fingerprint density at radius 2 is 2.00 bits per heavy atom. The van der Waals surface area contributed by atoms with Crippen molar-refractivity contribution >= 4 is 33.7 Å². The molecule has 1 aromatic heterocycles. The maximum atomic E-state index is 10.0. The molecule has 2 aromatic carbocycles. The number of aromatic hydroxyl groups is 1. The highest BCUT2D eigenvalue weighted by molar-refractivity contribution is 7.18. The van der Waals surface area contributed by atoms with Crippen LogP contribution in [-0.2, 0) is 6.54 Å². The molecule has 0 unspecified atom stereocenters. The van der Waals surface area contributed by atoms with E-state index in [4.69, 9.17) is 4.74 Å². The summed E-state index contributed by atoms with van der Waals surface area (Å²) in [6, 6.07) is 13.7. The predicted molar refractivity (Wildman–Crippen MR) is 91.3 cm³/mol. The van der Waals surface area contributed by atoms with Gasteiger partial charge in [0.1, 0.15) is 22.7 Å². The van der Waals surface area contributed by atoms with E-state index in [1.165, 1.54) is 15.2 Å². The second-order valence-electron chi connectivity index (χ2n) is 4.91. The van der Waals surface area contributed by atoms with Crippen molar-refractivity contribution in [3.63, 3.8) is 0 Å². The summed E-state index contributed by atoms with van der Waals surface area (Å²) < 4.78 is 8.64. The molecule has 0 spiro atoms. The Morgan fingerprint density at radius 1 is 1.18 bits per heavy atom. The summed E-state index contributed by atoms with van der Waals surface area (Å²) in [7, 11) is 1.59. The smallest absolute Gasteiger partial charge is 0.262 e. The molecule has 0 aliphatic heterocycles. The molecule has 1 N–H and O–H groups in total. The van der Waals surface area contributed by atoms with Crippen LogP contribution in [0.4, 0.5) is 0 Å². The van der Waals surface area contributed by atoms with Crippen LogP contribution in [0.1, 0.15) is 17.5 Å². The van der Waals surface area contributed by atoms with Gasteiger partial charge >= 0.3 is 0 Å². The number of phenolic OH excluding ortho intramolecular Hbond substituents is 1. The minimum Gasteiger partial charge on any atom is -0.507 e. The van der Waals surface area contributed by atoms with Crippen molar-refractivity contribution in [2.45, 2.75) is 13.5 Å². The molecule has 0 aliphatic carbocycles. The second-order valence-corrected chi connectivity index (χ2v) is 5.97. The average Bonchev–Trinajstić information content (AvgIpc) is 2.91. The lowest BCUT2D eigenvalue weighted by Gasteiger charge is -2.02. The van der Waals surface area contributed by atoms with Gasteiger partial charge in [0.2, 0.25) is 5.52 Å². The molecular formula is C18H18NO2S+. The number of fused-ring (bicyclic) bond motifs is 1. The van der Waals surface area contributed by atoms with Gasteiger partial charge in [-0.15, -0.1) is 0 Å². The number of hydrogen-bond donors (Lipinski definition) is 1. The van der Waals surface area contributed by atoms with Gasteiger partial charge in [0.05, 0.1) is 7.11 Å². The number of methoxy groups -OCH3 is 1. The SMILES string of the molecule is CC[n+]1c(/C=C/c2ccc(OC)cc2O)sc2ccccc21. The Kier molecular flexibility index (Phi) is 4.11. The lowest BCUT2D eigenvalue weighted by molar-refractivity contribution is -0.665. The van der Waals surface area contributed by atoms with E-state index in [-0.39, 0.29) is 5.75 Å². The van der Waals surface area contributed by atoms with Crippen molar-refractivity contribution in [1.29, 1.82) is 0 Å². The lowest BCUT2D eigenvalue weighted by Crippen LogP contribution is -2.33. The first-order valence-corrected chi connectivity index (χ1v) is 8.01. The van der Waals surface area contributed by atoms with Crippen LogP contribution in [0.15, 0.2) is 42.5 Å². The number of phenols is 1. The maximum Gasteiger partial charge on any atom is 0.262 e. The Morgan fingerprint density at radius 3 is 2.73 bits per heavy atom. The van der Waals surface area contributed by atoms with E-state index in [0.717, 1.165) is 12.1 Å². The molecule has 3 rings (SSSR count). The van der Waals surface area contributed by atoms with Crippen LogP contribution in [-0.4, -0.2) is 12.2 Å². The van der Waals surface area contributed by atoms with Gasteiger partial charge in [0, 0.05) is 23.8 Å². The topological polar surface area (TPSA) is 33.3 Å². The first-order valence-electron chi connectivity index (χ1n) is 7.19. The number of nitrogens with zero attached hydrogens (tertiary/aromatic N) is 1. The summed E-state index contributed by atoms with van der Waals surface area (Å²) in [4.78, 5) is 0. The number of aryl methyl sites for hydroxylation is 1. The van der Waals surface area contributed by atoms with Gasteiger partial charge in [-0.1, -0.05) is 23.5 Å². The molecule has 0 saturated carbocycles. The fourth-order valence-electron chi connectivity index (χ4n) is 2.46. The number of rotatable bonds is 4. The Bertz CT molecular complexity index is 836. The van der Waals surface area contributed by atoms with Crippen LogP contribution in [0.25, 0.3) is 22.4 Å². The van der Waals surface area contributed by atoms with Gasteiger partial charge in [-0.3, -0.25) is 0 Å². The summed E-state index contributed by atoms with van der Waals surface area (Å²) in [5, 5.41) is 11.2. The van der Waals surface area contributed by atoms with Gasteiger partial charge in [-0.05, 0) is 31.2 Å². The number of benzene rings is 2. The molecule has 1 heterocycles. The predicted octanol–water partition coefficient (Wildman–Crippen LogP) is 4.09. The van der Waals surface area contributed by atoms with Crippen LogP contribution in [0.5, 0.6) is 11.5 Å². The summed E-state index contributed by atoms with van der Waals surface area (Å²) in [6.45, 7) is 3.06. The molecule has 22 heavy (non-hydrogen) atoms. The zero-order valence-electron chi connectivity index (χ0n) is 12.6. The number of aromatic nitrogens is 1. The molecule has 0 amide bonds. The molecule has 0 atom stereocenters. The summed E-state index contributed by atoms with van der Waals surface area (Å²) in [5.41, 5.74) is 2.02. The number of hydrogen-bond acceptors (Lipinski definition) is 3. The summed E-state index contributed by atoms with van der Waals surface area (Å²) in [5.74, 6) is 0.875. The summed E-state index contributed by atoms with van der Waals surface area (Å²) >= 11 is 1.75. The molecule has 0 fully saturated rings. The Hall–Kier alpha value is -2.33. The third-order valence-corrected chi connectivity index (χ3v) is 4.73. The zero-order valence-corrected chi connectivity index (χ0v) is 13.4. The van der Waals surface area contributed by atoms with E-state index >= 15 is 0 Å². The lowest BCUT2D eigenvalue weighted by atomic mass is 10.2. The van der Waals surface area contributed by atoms with Crippen molar-refractivity contribution in [3.8, 4) is 11.5 Å². The highest BCUT2D eigenvalue weighted by atomic mass is 32.1. The average molecular weight is 312 g/mol. The zero-order chi connectivity index (χ0) is 15.5. The number of thiazole rings is 1. The van der Waals surface area contributed by atoms with Crippen molar-refractivity contribution in [1.82, 2.24) is 0 Å². The molecule has 112 valence electrons. The fraction of sp³-hybridized carbons (Fsp3) is 0.167. The summed E-state index contributed by atoms with van der Waals surface area (Å²) in [6.07, 6.45) is 3.99.